The lowest BCUT2D eigenvalue weighted by molar-refractivity contribution is 0.109. The Morgan fingerprint density at radius 3 is 2.71 bits per heavy atom. The Hall–Kier alpha value is -1.13. The number of anilines is 1. The fourth-order valence-corrected chi connectivity index (χ4v) is 3.69. The summed E-state index contributed by atoms with van der Waals surface area (Å²) in [5, 5.41) is 9.74. The number of aliphatic hydroxyl groups is 1. The molecule has 21 heavy (non-hydrogen) atoms. The molecule has 2 heterocycles. The average molecular weight is 289 g/mol. The van der Waals surface area contributed by atoms with Crippen molar-refractivity contribution >= 4 is 5.82 Å². The topological polar surface area (TPSA) is 62.4 Å². The van der Waals surface area contributed by atoms with E-state index in [1.165, 1.54) is 29.7 Å². The minimum absolute atomic E-state index is 0.197. The van der Waals surface area contributed by atoms with Crippen LogP contribution in [-0.2, 0) is 19.4 Å². The SMILES string of the molecule is CC(O)C1CCN(c2nc3c(cc2CN)CCCC3)CC1. The van der Waals surface area contributed by atoms with Gasteiger partial charge in [0.25, 0.3) is 0 Å². The van der Waals surface area contributed by atoms with Crippen molar-refractivity contribution in [1.29, 1.82) is 0 Å². The first-order chi connectivity index (χ1) is 10.2. The largest absolute Gasteiger partial charge is 0.393 e. The van der Waals surface area contributed by atoms with E-state index in [0.29, 0.717) is 12.5 Å². The monoisotopic (exact) mass is 289 g/mol. The molecule has 0 amide bonds. The Morgan fingerprint density at radius 1 is 1.33 bits per heavy atom. The summed E-state index contributed by atoms with van der Waals surface area (Å²) in [4.78, 5) is 7.33. The molecule has 0 saturated carbocycles. The molecular weight excluding hydrogens is 262 g/mol. The molecule has 2 aliphatic rings. The number of aromatic nitrogens is 1. The number of aliphatic hydroxyl groups excluding tert-OH is 1. The quantitative estimate of drug-likeness (QED) is 0.893. The normalized spacial score (nSPS) is 21.2. The Kier molecular flexibility index (Phi) is 4.45. The molecule has 1 aromatic heterocycles. The van der Waals surface area contributed by atoms with Gasteiger partial charge in [-0.3, -0.25) is 0 Å². The number of fused-ring (bicyclic) bond motifs is 1. The molecule has 3 N–H and O–H groups in total. The molecular formula is C17H27N3O. The molecule has 116 valence electrons. The maximum atomic E-state index is 9.74. The minimum atomic E-state index is -0.197. The number of hydrogen-bond acceptors (Lipinski definition) is 4. The molecule has 1 aliphatic heterocycles. The van der Waals surface area contributed by atoms with Crippen LogP contribution in [0.3, 0.4) is 0 Å². The second-order valence-electron chi connectivity index (χ2n) is 6.55. The molecule has 4 heteroatoms. The zero-order chi connectivity index (χ0) is 14.8. The molecule has 1 unspecified atom stereocenters. The number of aryl methyl sites for hydroxylation is 2. The lowest BCUT2D eigenvalue weighted by atomic mass is 9.91. The summed E-state index contributed by atoms with van der Waals surface area (Å²) in [6.07, 6.45) is 6.68. The van der Waals surface area contributed by atoms with E-state index in [9.17, 15) is 5.11 Å². The third-order valence-corrected chi connectivity index (χ3v) is 5.10. The van der Waals surface area contributed by atoms with E-state index in [2.05, 4.69) is 11.0 Å². The molecule has 1 atom stereocenters. The van der Waals surface area contributed by atoms with Gasteiger partial charge in [-0.25, -0.2) is 4.98 Å². The predicted molar refractivity (Wildman–Crippen MR) is 85.4 cm³/mol. The lowest BCUT2D eigenvalue weighted by Gasteiger charge is -2.35. The summed E-state index contributed by atoms with van der Waals surface area (Å²) in [5.74, 6) is 1.53. The maximum Gasteiger partial charge on any atom is 0.133 e. The molecule has 1 fully saturated rings. The van der Waals surface area contributed by atoms with Gasteiger partial charge in [-0.05, 0) is 63.0 Å². The van der Waals surface area contributed by atoms with Crippen LogP contribution in [0.5, 0.6) is 0 Å². The summed E-state index contributed by atoms with van der Waals surface area (Å²) in [7, 11) is 0. The van der Waals surface area contributed by atoms with Gasteiger partial charge in [0.1, 0.15) is 5.82 Å². The van der Waals surface area contributed by atoms with Crippen LogP contribution in [0.1, 0.15) is 49.4 Å². The number of rotatable bonds is 3. The standard InChI is InChI=1S/C17H27N3O/c1-12(21)13-6-8-20(9-7-13)17-15(11-18)10-14-4-2-3-5-16(14)19-17/h10,12-13,21H,2-9,11,18H2,1H3. The number of piperidine rings is 1. The Morgan fingerprint density at radius 2 is 2.05 bits per heavy atom. The molecule has 0 aromatic carbocycles. The first-order valence-corrected chi connectivity index (χ1v) is 8.33. The molecule has 4 nitrogen and oxygen atoms in total. The highest BCUT2D eigenvalue weighted by Gasteiger charge is 2.25. The van der Waals surface area contributed by atoms with E-state index in [-0.39, 0.29) is 6.10 Å². The average Bonchev–Trinajstić information content (AvgIpc) is 2.53. The molecule has 0 radical (unpaired) electrons. The first kappa shape index (κ1) is 14.8. The molecule has 3 rings (SSSR count). The molecule has 1 aliphatic carbocycles. The van der Waals surface area contributed by atoms with Crippen molar-refractivity contribution in [1.82, 2.24) is 4.98 Å². The van der Waals surface area contributed by atoms with Crippen LogP contribution >= 0.6 is 0 Å². The van der Waals surface area contributed by atoms with E-state index in [1.807, 2.05) is 6.92 Å². The van der Waals surface area contributed by atoms with Crippen LogP contribution in [0.25, 0.3) is 0 Å². The summed E-state index contributed by atoms with van der Waals surface area (Å²) in [5.41, 5.74) is 9.84. The van der Waals surface area contributed by atoms with Crippen LogP contribution in [0.4, 0.5) is 5.82 Å². The zero-order valence-corrected chi connectivity index (χ0v) is 13.0. The van der Waals surface area contributed by atoms with Crippen LogP contribution < -0.4 is 10.6 Å². The van der Waals surface area contributed by atoms with E-state index in [1.54, 1.807) is 0 Å². The van der Waals surface area contributed by atoms with Crippen molar-refractivity contribution in [2.75, 3.05) is 18.0 Å². The highest BCUT2D eigenvalue weighted by molar-refractivity contribution is 5.51. The number of nitrogens with two attached hydrogens (primary N) is 1. The Bertz CT molecular complexity index is 493. The maximum absolute atomic E-state index is 9.74. The van der Waals surface area contributed by atoms with E-state index >= 15 is 0 Å². The van der Waals surface area contributed by atoms with Crippen LogP contribution in [0.15, 0.2) is 6.07 Å². The van der Waals surface area contributed by atoms with Crippen molar-refractivity contribution in [3.63, 3.8) is 0 Å². The third-order valence-electron chi connectivity index (χ3n) is 5.10. The highest BCUT2D eigenvalue weighted by atomic mass is 16.3. The smallest absolute Gasteiger partial charge is 0.133 e. The van der Waals surface area contributed by atoms with Gasteiger partial charge in [0.05, 0.1) is 6.10 Å². The van der Waals surface area contributed by atoms with E-state index < -0.39 is 0 Å². The number of hydrogen-bond donors (Lipinski definition) is 2. The fourth-order valence-electron chi connectivity index (χ4n) is 3.69. The van der Waals surface area contributed by atoms with E-state index in [0.717, 1.165) is 44.6 Å². The van der Waals surface area contributed by atoms with Crippen LogP contribution in [-0.4, -0.2) is 29.3 Å². The van der Waals surface area contributed by atoms with Gasteiger partial charge in [-0.1, -0.05) is 0 Å². The molecule has 1 saturated heterocycles. The van der Waals surface area contributed by atoms with Gasteiger partial charge >= 0.3 is 0 Å². The lowest BCUT2D eigenvalue weighted by Crippen LogP contribution is -2.38. The van der Waals surface area contributed by atoms with Crippen molar-refractivity contribution in [2.24, 2.45) is 11.7 Å². The third kappa shape index (κ3) is 3.06. The summed E-state index contributed by atoms with van der Waals surface area (Å²) >= 11 is 0. The van der Waals surface area contributed by atoms with Crippen molar-refractivity contribution in [3.8, 4) is 0 Å². The van der Waals surface area contributed by atoms with Gasteiger partial charge < -0.3 is 15.7 Å². The Labute approximate surface area is 127 Å². The van der Waals surface area contributed by atoms with Gasteiger partial charge in [0, 0.05) is 30.9 Å². The van der Waals surface area contributed by atoms with Crippen molar-refractivity contribution in [3.05, 3.63) is 22.9 Å². The second kappa shape index (κ2) is 6.32. The van der Waals surface area contributed by atoms with Gasteiger partial charge in [0.2, 0.25) is 0 Å². The number of pyridine rings is 1. The summed E-state index contributed by atoms with van der Waals surface area (Å²) < 4.78 is 0. The van der Waals surface area contributed by atoms with Gasteiger partial charge in [-0.2, -0.15) is 0 Å². The molecule has 0 bridgehead atoms. The first-order valence-electron chi connectivity index (χ1n) is 8.33. The Balaban J connectivity index is 1.81. The van der Waals surface area contributed by atoms with Crippen LogP contribution in [0, 0.1) is 5.92 Å². The van der Waals surface area contributed by atoms with Gasteiger partial charge in [-0.15, -0.1) is 0 Å². The summed E-state index contributed by atoms with van der Waals surface area (Å²) in [6, 6.07) is 2.29. The van der Waals surface area contributed by atoms with Gasteiger partial charge in [0.15, 0.2) is 0 Å². The minimum Gasteiger partial charge on any atom is -0.393 e. The number of nitrogens with zero attached hydrogens (tertiary/aromatic N) is 2. The van der Waals surface area contributed by atoms with Crippen molar-refractivity contribution in [2.45, 2.75) is 58.1 Å². The highest BCUT2D eigenvalue weighted by Crippen LogP contribution is 2.30. The van der Waals surface area contributed by atoms with Crippen LogP contribution in [0.2, 0.25) is 0 Å². The van der Waals surface area contributed by atoms with E-state index in [4.69, 9.17) is 10.7 Å². The van der Waals surface area contributed by atoms with Crippen molar-refractivity contribution < 1.29 is 5.11 Å². The fraction of sp³-hybridized carbons (Fsp3) is 0.706. The zero-order valence-electron chi connectivity index (χ0n) is 13.0. The molecule has 1 aromatic rings. The second-order valence-corrected chi connectivity index (χ2v) is 6.55. The molecule has 0 spiro atoms. The summed E-state index contributed by atoms with van der Waals surface area (Å²) in [6.45, 7) is 4.43. The predicted octanol–water partition coefficient (Wildman–Crippen LogP) is 2.02.